The third-order valence-corrected chi connectivity index (χ3v) is 5.34. The van der Waals surface area contributed by atoms with Gasteiger partial charge in [0.2, 0.25) is 0 Å². The summed E-state index contributed by atoms with van der Waals surface area (Å²) in [6, 6.07) is 9.53. The molecule has 2 atom stereocenters. The Kier molecular flexibility index (Phi) is 3.74. The van der Waals surface area contributed by atoms with Crippen molar-refractivity contribution >= 4 is 5.69 Å². The van der Waals surface area contributed by atoms with Gasteiger partial charge in [0.25, 0.3) is 0 Å². The molecule has 2 N–H and O–H groups in total. The molecule has 2 aliphatic heterocycles. The van der Waals surface area contributed by atoms with Gasteiger partial charge in [-0.25, -0.2) is 0 Å². The van der Waals surface area contributed by atoms with E-state index in [4.69, 9.17) is 5.73 Å². The van der Waals surface area contributed by atoms with Crippen LogP contribution in [0.2, 0.25) is 0 Å². The Labute approximate surface area is 122 Å². The van der Waals surface area contributed by atoms with Gasteiger partial charge in [0.15, 0.2) is 0 Å². The smallest absolute Gasteiger partial charge is 0.0690 e. The summed E-state index contributed by atoms with van der Waals surface area (Å²) in [5.74, 6) is 0. The van der Waals surface area contributed by atoms with Crippen LogP contribution >= 0.6 is 0 Å². The highest BCUT2D eigenvalue weighted by atomic mass is 15.3. The first-order valence-electron chi connectivity index (χ1n) is 7.99. The highest BCUT2D eigenvalue weighted by molar-refractivity contribution is 5.52. The van der Waals surface area contributed by atoms with Gasteiger partial charge in [0.1, 0.15) is 0 Å². The molecule has 1 aromatic carbocycles. The SMILES string of the molecule is CCN(c1cccc(C)c1)C1(CN)CCN2CCCC21. The number of anilines is 1. The van der Waals surface area contributed by atoms with E-state index in [2.05, 4.69) is 47.9 Å². The van der Waals surface area contributed by atoms with Crippen molar-refractivity contribution in [3.8, 4) is 0 Å². The monoisotopic (exact) mass is 273 g/mol. The number of hydrogen-bond acceptors (Lipinski definition) is 3. The zero-order chi connectivity index (χ0) is 14.2. The summed E-state index contributed by atoms with van der Waals surface area (Å²) < 4.78 is 0. The standard InChI is InChI=1S/C17H27N3/c1-3-20(15-7-4-6-14(2)12-15)17(13-18)9-11-19-10-5-8-16(17)19/h4,6-7,12,16H,3,5,8-11,13,18H2,1-2H3. The van der Waals surface area contributed by atoms with Crippen molar-refractivity contribution in [2.24, 2.45) is 5.73 Å². The maximum Gasteiger partial charge on any atom is 0.0690 e. The summed E-state index contributed by atoms with van der Waals surface area (Å²) in [6.45, 7) is 8.70. The second kappa shape index (κ2) is 5.38. The Morgan fingerprint density at radius 3 is 2.95 bits per heavy atom. The van der Waals surface area contributed by atoms with Gasteiger partial charge in [-0.2, -0.15) is 0 Å². The van der Waals surface area contributed by atoms with Crippen LogP contribution in [0.1, 0.15) is 31.7 Å². The molecule has 0 aliphatic carbocycles. The molecule has 1 aromatic rings. The second-order valence-electron chi connectivity index (χ2n) is 6.33. The van der Waals surface area contributed by atoms with E-state index in [0.717, 1.165) is 13.1 Å². The summed E-state index contributed by atoms with van der Waals surface area (Å²) >= 11 is 0. The number of benzene rings is 1. The maximum atomic E-state index is 6.31. The van der Waals surface area contributed by atoms with Crippen LogP contribution in [0.4, 0.5) is 5.69 Å². The van der Waals surface area contributed by atoms with E-state index in [-0.39, 0.29) is 5.54 Å². The van der Waals surface area contributed by atoms with Crippen LogP contribution < -0.4 is 10.6 Å². The minimum atomic E-state index is 0.138. The number of hydrogen-bond donors (Lipinski definition) is 1. The molecule has 2 fully saturated rings. The van der Waals surface area contributed by atoms with Crippen molar-refractivity contribution in [1.82, 2.24) is 4.90 Å². The molecule has 3 nitrogen and oxygen atoms in total. The minimum absolute atomic E-state index is 0.138. The summed E-state index contributed by atoms with van der Waals surface area (Å²) in [7, 11) is 0. The molecule has 0 aromatic heterocycles. The van der Waals surface area contributed by atoms with E-state index in [1.54, 1.807) is 0 Å². The molecule has 3 rings (SSSR count). The zero-order valence-electron chi connectivity index (χ0n) is 12.8. The lowest BCUT2D eigenvalue weighted by molar-refractivity contribution is 0.257. The van der Waals surface area contributed by atoms with Crippen molar-refractivity contribution < 1.29 is 0 Å². The second-order valence-corrected chi connectivity index (χ2v) is 6.33. The molecule has 110 valence electrons. The fourth-order valence-corrected chi connectivity index (χ4v) is 4.42. The first-order valence-corrected chi connectivity index (χ1v) is 7.99. The third kappa shape index (κ3) is 2.04. The normalized spacial score (nSPS) is 29.6. The number of nitrogens with zero attached hydrogens (tertiary/aromatic N) is 2. The largest absolute Gasteiger partial charge is 0.363 e. The Hall–Kier alpha value is -1.06. The van der Waals surface area contributed by atoms with Crippen LogP contribution in [0, 0.1) is 6.92 Å². The lowest BCUT2D eigenvalue weighted by Crippen LogP contribution is -2.60. The van der Waals surface area contributed by atoms with Gasteiger partial charge in [0.05, 0.1) is 5.54 Å². The first kappa shape index (κ1) is 13.9. The molecule has 2 saturated heterocycles. The van der Waals surface area contributed by atoms with E-state index in [1.807, 2.05) is 0 Å². The molecule has 0 spiro atoms. The summed E-state index contributed by atoms with van der Waals surface area (Å²) in [5.41, 5.74) is 9.11. The first-order chi connectivity index (χ1) is 9.71. The fourth-order valence-electron chi connectivity index (χ4n) is 4.42. The molecule has 0 radical (unpaired) electrons. The molecule has 0 bridgehead atoms. The number of nitrogens with two attached hydrogens (primary N) is 1. The van der Waals surface area contributed by atoms with Crippen LogP contribution in [0.3, 0.4) is 0 Å². The quantitative estimate of drug-likeness (QED) is 0.914. The molecule has 2 aliphatic rings. The van der Waals surface area contributed by atoms with Crippen LogP contribution in [0.15, 0.2) is 24.3 Å². The van der Waals surface area contributed by atoms with E-state index in [0.29, 0.717) is 6.04 Å². The Bertz CT molecular complexity index is 473. The number of fused-ring (bicyclic) bond motifs is 1. The van der Waals surface area contributed by atoms with Crippen LogP contribution in [-0.4, -0.2) is 42.7 Å². The Balaban J connectivity index is 1.98. The van der Waals surface area contributed by atoms with Crippen LogP contribution in [0.5, 0.6) is 0 Å². The zero-order valence-corrected chi connectivity index (χ0v) is 12.8. The topological polar surface area (TPSA) is 32.5 Å². The van der Waals surface area contributed by atoms with Gasteiger partial charge in [-0.15, -0.1) is 0 Å². The van der Waals surface area contributed by atoms with E-state index < -0.39 is 0 Å². The lowest BCUT2D eigenvalue weighted by atomic mass is 9.86. The Morgan fingerprint density at radius 2 is 2.25 bits per heavy atom. The van der Waals surface area contributed by atoms with Crippen LogP contribution in [-0.2, 0) is 0 Å². The van der Waals surface area contributed by atoms with Gasteiger partial charge in [0, 0.05) is 31.4 Å². The number of rotatable bonds is 4. The molecular weight excluding hydrogens is 246 g/mol. The average Bonchev–Trinajstić information content (AvgIpc) is 3.03. The predicted octanol–water partition coefficient (Wildman–Crippen LogP) is 2.39. The van der Waals surface area contributed by atoms with Crippen molar-refractivity contribution in [3.63, 3.8) is 0 Å². The summed E-state index contributed by atoms with van der Waals surface area (Å²) in [4.78, 5) is 5.24. The molecule has 2 unspecified atom stereocenters. The molecule has 3 heteroatoms. The van der Waals surface area contributed by atoms with Crippen LogP contribution in [0.25, 0.3) is 0 Å². The summed E-state index contributed by atoms with van der Waals surface area (Å²) in [6.07, 6.45) is 3.84. The highest BCUT2D eigenvalue weighted by Crippen LogP contribution is 2.41. The number of likely N-dealkylation sites (N-methyl/N-ethyl adjacent to an activating group) is 1. The van der Waals surface area contributed by atoms with E-state index in [9.17, 15) is 0 Å². The van der Waals surface area contributed by atoms with Crippen molar-refractivity contribution in [2.45, 2.75) is 44.7 Å². The third-order valence-electron chi connectivity index (χ3n) is 5.34. The number of aryl methyl sites for hydroxylation is 1. The highest BCUT2D eigenvalue weighted by Gasteiger charge is 2.51. The fraction of sp³-hybridized carbons (Fsp3) is 0.647. The maximum absolute atomic E-state index is 6.31. The van der Waals surface area contributed by atoms with E-state index >= 15 is 0 Å². The van der Waals surface area contributed by atoms with Crippen molar-refractivity contribution in [3.05, 3.63) is 29.8 Å². The molecule has 0 saturated carbocycles. The van der Waals surface area contributed by atoms with Gasteiger partial charge < -0.3 is 10.6 Å². The lowest BCUT2D eigenvalue weighted by Gasteiger charge is -2.46. The van der Waals surface area contributed by atoms with Gasteiger partial charge in [-0.05, 0) is 57.4 Å². The molecule has 2 heterocycles. The molecule has 0 amide bonds. The minimum Gasteiger partial charge on any atom is -0.363 e. The van der Waals surface area contributed by atoms with Gasteiger partial charge in [-0.1, -0.05) is 12.1 Å². The molecule has 20 heavy (non-hydrogen) atoms. The molecular formula is C17H27N3. The van der Waals surface area contributed by atoms with Crippen molar-refractivity contribution in [1.29, 1.82) is 0 Å². The Morgan fingerprint density at radius 1 is 1.40 bits per heavy atom. The van der Waals surface area contributed by atoms with Crippen molar-refractivity contribution in [2.75, 3.05) is 31.1 Å². The predicted molar refractivity (Wildman–Crippen MR) is 85.2 cm³/mol. The van der Waals surface area contributed by atoms with E-state index in [1.165, 1.54) is 43.6 Å². The summed E-state index contributed by atoms with van der Waals surface area (Å²) in [5, 5.41) is 0. The van der Waals surface area contributed by atoms with Gasteiger partial charge >= 0.3 is 0 Å². The van der Waals surface area contributed by atoms with Gasteiger partial charge in [-0.3, -0.25) is 4.90 Å². The average molecular weight is 273 g/mol.